The molecule has 1 saturated heterocycles. The van der Waals surface area contributed by atoms with Crippen molar-refractivity contribution in [1.29, 1.82) is 0 Å². The highest BCUT2D eigenvalue weighted by molar-refractivity contribution is 7.89. The van der Waals surface area contributed by atoms with Crippen molar-refractivity contribution in [1.82, 2.24) is 9.21 Å². The number of rotatable bonds is 5. The zero-order valence-electron chi connectivity index (χ0n) is 12.1. The van der Waals surface area contributed by atoms with Gasteiger partial charge in [0.25, 0.3) is 0 Å². The molecule has 1 aliphatic heterocycles. The summed E-state index contributed by atoms with van der Waals surface area (Å²) in [6, 6.07) is 0. The molecule has 1 rings (SSSR count). The van der Waals surface area contributed by atoms with Crippen LogP contribution in [0.2, 0.25) is 0 Å². The van der Waals surface area contributed by atoms with E-state index in [1.807, 2.05) is 13.8 Å². The minimum Gasteiger partial charge on any atom is -0.338 e. The number of hydrogen-bond donors (Lipinski definition) is 1. The van der Waals surface area contributed by atoms with E-state index in [1.165, 1.54) is 4.31 Å². The zero-order valence-corrected chi connectivity index (χ0v) is 12.9. The lowest BCUT2D eigenvalue weighted by atomic mass is 9.98. The van der Waals surface area contributed by atoms with Crippen molar-refractivity contribution in [3.05, 3.63) is 0 Å². The molecule has 1 atom stereocenters. The van der Waals surface area contributed by atoms with E-state index in [-0.39, 0.29) is 11.7 Å². The van der Waals surface area contributed by atoms with E-state index in [0.29, 0.717) is 39.0 Å². The summed E-state index contributed by atoms with van der Waals surface area (Å²) < 4.78 is 25.3. The Labute approximate surface area is 116 Å². The minimum absolute atomic E-state index is 0.0949. The fraction of sp³-hybridized carbons (Fsp3) is 0.917. The van der Waals surface area contributed by atoms with Crippen LogP contribution in [0.3, 0.4) is 0 Å². The molecule has 112 valence electrons. The van der Waals surface area contributed by atoms with Crippen LogP contribution in [0.4, 0.5) is 0 Å². The van der Waals surface area contributed by atoms with E-state index in [9.17, 15) is 13.2 Å². The zero-order chi connectivity index (χ0) is 14.7. The van der Waals surface area contributed by atoms with Gasteiger partial charge in [-0.2, -0.15) is 4.31 Å². The highest BCUT2D eigenvalue weighted by Crippen LogP contribution is 2.14. The van der Waals surface area contributed by atoms with Gasteiger partial charge in [0.05, 0.1) is 11.3 Å². The lowest BCUT2D eigenvalue weighted by Gasteiger charge is -2.37. The van der Waals surface area contributed by atoms with Gasteiger partial charge in [0.2, 0.25) is 15.9 Å². The molecule has 19 heavy (non-hydrogen) atoms. The number of amides is 1. The fourth-order valence-electron chi connectivity index (χ4n) is 2.07. The summed E-state index contributed by atoms with van der Waals surface area (Å²) in [6.07, 6.45) is 1.18. The largest absolute Gasteiger partial charge is 0.338 e. The molecule has 0 spiro atoms. The maximum Gasteiger partial charge on any atom is 0.242 e. The predicted octanol–water partition coefficient (Wildman–Crippen LogP) is -0.00220. The number of nitrogens with two attached hydrogens (primary N) is 1. The molecule has 1 amide bonds. The maximum absolute atomic E-state index is 12.2. The summed E-state index contributed by atoms with van der Waals surface area (Å²) >= 11 is 0. The summed E-state index contributed by atoms with van der Waals surface area (Å²) in [5, 5.41) is 0. The Kier molecular flexibility index (Phi) is 5.34. The number of hydrogen-bond acceptors (Lipinski definition) is 4. The highest BCUT2D eigenvalue weighted by atomic mass is 32.2. The van der Waals surface area contributed by atoms with Crippen LogP contribution < -0.4 is 5.73 Å². The third kappa shape index (κ3) is 3.90. The van der Waals surface area contributed by atoms with E-state index in [0.717, 1.165) is 0 Å². The van der Waals surface area contributed by atoms with Gasteiger partial charge in [-0.25, -0.2) is 8.42 Å². The summed E-state index contributed by atoms with van der Waals surface area (Å²) in [4.78, 5) is 13.8. The molecule has 6 nitrogen and oxygen atoms in total. The summed E-state index contributed by atoms with van der Waals surface area (Å²) in [7, 11) is -3.16. The van der Waals surface area contributed by atoms with Crippen LogP contribution in [-0.4, -0.2) is 61.0 Å². The van der Waals surface area contributed by atoms with Gasteiger partial charge in [0.1, 0.15) is 0 Å². The molecule has 2 N–H and O–H groups in total. The molecule has 1 fully saturated rings. The van der Waals surface area contributed by atoms with Crippen molar-refractivity contribution in [3.63, 3.8) is 0 Å². The lowest BCUT2D eigenvalue weighted by Crippen LogP contribution is -2.58. The Morgan fingerprint density at radius 1 is 1.21 bits per heavy atom. The SMILES string of the molecule is CCCS(=O)(=O)N1CCN(C(=O)C(C)(N)CC)CC1. The van der Waals surface area contributed by atoms with E-state index >= 15 is 0 Å². The Bertz CT molecular complexity index is 412. The monoisotopic (exact) mass is 291 g/mol. The normalized spacial score (nSPS) is 21.2. The van der Waals surface area contributed by atoms with Crippen molar-refractivity contribution < 1.29 is 13.2 Å². The van der Waals surface area contributed by atoms with E-state index in [2.05, 4.69) is 0 Å². The van der Waals surface area contributed by atoms with Gasteiger partial charge in [-0.15, -0.1) is 0 Å². The summed E-state index contributed by atoms with van der Waals surface area (Å²) in [5.74, 6) is 0.0763. The third-order valence-electron chi connectivity index (χ3n) is 3.60. The molecule has 1 heterocycles. The molecule has 0 aromatic rings. The second-order valence-electron chi connectivity index (χ2n) is 5.28. The van der Waals surface area contributed by atoms with Gasteiger partial charge in [-0.1, -0.05) is 13.8 Å². The maximum atomic E-state index is 12.2. The van der Waals surface area contributed by atoms with Gasteiger partial charge in [0, 0.05) is 26.2 Å². The third-order valence-corrected chi connectivity index (χ3v) is 5.68. The highest BCUT2D eigenvalue weighted by Gasteiger charge is 2.34. The smallest absolute Gasteiger partial charge is 0.242 e. The molecular formula is C12H25N3O3S. The summed E-state index contributed by atoms with van der Waals surface area (Å²) in [5.41, 5.74) is 5.08. The van der Waals surface area contributed by atoms with Crippen molar-refractivity contribution in [2.24, 2.45) is 5.73 Å². The van der Waals surface area contributed by atoms with E-state index < -0.39 is 15.6 Å². The second-order valence-corrected chi connectivity index (χ2v) is 7.37. The molecule has 0 aromatic heterocycles. The number of sulfonamides is 1. The van der Waals surface area contributed by atoms with Gasteiger partial charge in [0.15, 0.2) is 0 Å². The average Bonchev–Trinajstić information content (AvgIpc) is 2.38. The first-order chi connectivity index (χ1) is 8.74. The topological polar surface area (TPSA) is 83.7 Å². The number of carbonyl (C=O) groups is 1. The molecule has 1 aliphatic rings. The summed E-state index contributed by atoms with van der Waals surface area (Å²) in [6.45, 7) is 7.03. The first kappa shape index (κ1) is 16.4. The Morgan fingerprint density at radius 2 is 1.74 bits per heavy atom. The van der Waals surface area contributed by atoms with Gasteiger partial charge in [-0.05, 0) is 19.8 Å². The Morgan fingerprint density at radius 3 is 2.16 bits per heavy atom. The first-order valence-corrected chi connectivity index (χ1v) is 8.41. The van der Waals surface area contributed by atoms with E-state index in [1.54, 1.807) is 11.8 Å². The average molecular weight is 291 g/mol. The van der Waals surface area contributed by atoms with Crippen molar-refractivity contribution in [3.8, 4) is 0 Å². The first-order valence-electron chi connectivity index (χ1n) is 6.80. The van der Waals surface area contributed by atoms with Crippen LogP contribution in [-0.2, 0) is 14.8 Å². The van der Waals surface area contributed by atoms with Crippen LogP contribution in [0.5, 0.6) is 0 Å². The van der Waals surface area contributed by atoms with Gasteiger partial charge in [-0.3, -0.25) is 4.79 Å². The van der Waals surface area contributed by atoms with Gasteiger partial charge < -0.3 is 10.6 Å². The standard InChI is InChI=1S/C12H25N3O3S/c1-4-10-19(17,18)15-8-6-14(7-9-15)11(16)12(3,13)5-2/h4-10,13H2,1-3H3. The van der Waals surface area contributed by atoms with Gasteiger partial charge >= 0.3 is 0 Å². The van der Waals surface area contributed by atoms with E-state index in [4.69, 9.17) is 5.73 Å². The molecule has 0 saturated carbocycles. The Hall–Kier alpha value is -0.660. The second kappa shape index (κ2) is 6.19. The quantitative estimate of drug-likeness (QED) is 0.772. The van der Waals surface area contributed by atoms with Crippen LogP contribution in [0, 0.1) is 0 Å². The number of carbonyl (C=O) groups excluding carboxylic acids is 1. The Balaban J connectivity index is 2.61. The van der Waals surface area contributed by atoms with Crippen LogP contribution in [0.1, 0.15) is 33.6 Å². The van der Waals surface area contributed by atoms with Crippen molar-refractivity contribution >= 4 is 15.9 Å². The van der Waals surface area contributed by atoms with Crippen molar-refractivity contribution in [2.45, 2.75) is 39.2 Å². The molecule has 0 aliphatic carbocycles. The van der Waals surface area contributed by atoms with Crippen LogP contribution in [0.25, 0.3) is 0 Å². The molecule has 7 heteroatoms. The molecule has 0 aromatic carbocycles. The molecular weight excluding hydrogens is 266 g/mol. The molecule has 0 radical (unpaired) electrons. The van der Waals surface area contributed by atoms with Crippen molar-refractivity contribution in [2.75, 3.05) is 31.9 Å². The molecule has 1 unspecified atom stereocenters. The lowest BCUT2D eigenvalue weighted by molar-refractivity contribution is -0.137. The van der Waals surface area contributed by atoms with Crippen LogP contribution >= 0.6 is 0 Å². The molecule has 0 bridgehead atoms. The predicted molar refractivity (Wildman–Crippen MR) is 75.1 cm³/mol. The van der Waals surface area contributed by atoms with Crippen LogP contribution in [0.15, 0.2) is 0 Å². The number of piperazine rings is 1. The minimum atomic E-state index is -3.16. The fourth-order valence-corrected chi connectivity index (χ4v) is 3.56. The number of nitrogens with zero attached hydrogens (tertiary/aromatic N) is 2.